The smallest absolute Gasteiger partial charge is 0.222 e. The highest BCUT2D eigenvalue weighted by atomic mass is 16.5. The summed E-state index contributed by atoms with van der Waals surface area (Å²) in [6, 6.07) is 14.2. The molecular weight excluding hydrogens is 340 g/mol. The highest BCUT2D eigenvalue weighted by Crippen LogP contribution is 2.18. The minimum absolute atomic E-state index is 0.210. The maximum atomic E-state index is 12.4. The van der Waals surface area contributed by atoms with Crippen LogP contribution in [-0.2, 0) is 22.5 Å². The van der Waals surface area contributed by atoms with Crippen molar-refractivity contribution in [3.05, 3.63) is 60.0 Å². The predicted octanol–water partition coefficient (Wildman–Crippen LogP) is 2.66. The van der Waals surface area contributed by atoms with Gasteiger partial charge in [0.25, 0.3) is 0 Å². The monoisotopic (exact) mass is 364 g/mol. The van der Waals surface area contributed by atoms with Crippen LogP contribution in [0.3, 0.4) is 0 Å². The van der Waals surface area contributed by atoms with Gasteiger partial charge in [-0.05, 0) is 24.1 Å². The van der Waals surface area contributed by atoms with Gasteiger partial charge in [0, 0.05) is 32.1 Å². The summed E-state index contributed by atoms with van der Waals surface area (Å²) in [4.78, 5) is 23.6. The number of carbonyl (C=O) groups excluding carboxylic acids is 1. The third-order valence-corrected chi connectivity index (χ3v) is 4.92. The molecule has 0 saturated carbocycles. The molecule has 0 aliphatic carbocycles. The standard InChI is InChI=1S/C21H24N4O2/c26-20(24-12-14-27-15-13-24)10-4-9-19-23-18-8-5-11-22-21(18)25(19)16-17-6-2-1-3-7-17/h1-3,5-8,11H,4,9-10,12-16H2. The number of benzene rings is 1. The number of aryl methyl sites for hydroxylation is 1. The number of pyridine rings is 1. The molecule has 0 N–H and O–H groups in total. The van der Waals surface area contributed by atoms with Crippen molar-refractivity contribution >= 4 is 17.1 Å². The molecule has 0 radical (unpaired) electrons. The van der Waals surface area contributed by atoms with Gasteiger partial charge in [0.1, 0.15) is 11.3 Å². The fourth-order valence-electron chi connectivity index (χ4n) is 3.50. The van der Waals surface area contributed by atoms with E-state index in [0.717, 1.165) is 36.4 Å². The van der Waals surface area contributed by atoms with Crippen LogP contribution in [0.25, 0.3) is 11.2 Å². The Kier molecular flexibility index (Phi) is 5.44. The van der Waals surface area contributed by atoms with Crippen molar-refractivity contribution in [1.82, 2.24) is 19.4 Å². The second-order valence-electron chi connectivity index (χ2n) is 6.79. The third kappa shape index (κ3) is 4.17. The van der Waals surface area contributed by atoms with E-state index in [9.17, 15) is 4.79 Å². The van der Waals surface area contributed by atoms with E-state index in [-0.39, 0.29) is 5.91 Å². The summed E-state index contributed by atoms with van der Waals surface area (Å²) in [5.74, 6) is 1.20. The van der Waals surface area contributed by atoms with Crippen LogP contribution in [0.2, 0.25) is 0 Å². The van der Waals surface area contributed by atoms with E-state index in [4.69, 9.17) is 9.72 Å². The number of fused-ring (bicyclic) bond motifs is 1. The number of amides is 1. The molecule has 27 heavy (non-hydrogen) atoms. The van der Waals surface area contributed by atoms with Crippen molar-refractivity contribution in [2.75, 3.05) is 26.3 Å². The summed E-state index contributed by atoms with van der Waals surface area (Å²) >= 11 is 0. The van der Waals surface area contributed by atoms with Gasteiger partial charge in [0.05, 0.1) is 19.8 Å². The lowest BCUT2D eigenvalue weighted by Crippen LogP contribution is -2.40. The molecule has 1 saturated heterocycles. The van der Waals surface area contributed by atoms with Gasteiger partial charge in [-0.1, -0.05) is 30.3 Å². The molecule has 6 nitrogen and oxygen atoms in total. The first-order chi connectivity index (χ1) is 13.3. The molecule has 3 aromatic rings. The molecule has 1 amide bonds. The molecule has 1 aliphatic heterocycles. The van der Waals surface area contributed by atoms with E-state index in [1.165, 1.54) is 5.56 Å². The number of aromatic nitrogens is 3. The molecule has 1 aliphatic rings. The molecule has 0 unspecified atom stereocenters. The van der Waals surface area contributed by atoms with Crippen molar-refractivity contribution in [2.45, 2.75) is 25.8 Å². The zero-order valence-corrected chi connectivity index (χ0v) is 15.4. The fraction of sp³-hybridized carbons (Fsp3) is 0.381. The summed E-state index contributed by atoms with van der Waals surface area (Å²) in [5.41, 5.74) is 3.02. The molecule has 1 aromatic carbocycles. The average Bonchev–Trinajstić information content (AvgIpc) is 3.07. The van der Waals surface area contributed by atoms with Crippen molar-refractivity contribution < 1.29 is 9.53 Å². The normalized spacial score (nSPS) is 14.6. The van der Waals surface area contributed by atoms with Gasteiger partial charge in [0.15, 0.2) is 5.65 Å². The number of rotatable bonds is 6. The SMILES string of the molecule is O=C(CCCc1nc2cccnc2n1Cc1ccccc1)N1CCOCC1. The molecule has 140 valence electrons. The zero-order valence-electron chi connectivity index (χ0n) is 15.4. The molecule has 0 bridgehead atoms. The minimum Gasteiger partial charge on any atom is -0.378 e. The number of carbonyl (C=O) groups is 1. The zero-order chi connectivity index (χ0) is 18.5. The third-order valence-electron chi connectivity index (χ3n) is 4.92. The van der Waals surface area contributed by atoms with Crippen LogP contribution >= 0.6 is 0 Å². The van der Waals surface area contributed by atoms with Gasteiger partial charge in [-0.15, -0.1) is 0 Å². The van der Waals surface area contributed by atoms with Gasteiger partial charge >= 0.3 is 0 Å². The Morgan fingerprint density at radius 1 is 1.07 bits per heavy atom. The van der Waals surface area contributed by atoms with Gasteiger partial charge in [0.2, 0.25) is 5.91 Å². The molecule has 0 atom stereocenters. The summed E-state index contributed by atoms with van der Waals surface area (Å²) in [6.07, 6.45) is 3.90. The number of morpholine rings is 1. The first-order valence-corrected chi connectivity index (χ1v) is 9.51. The van der Waals surface area contributed by atoms with Crippen LogP contribution in [-0.4, -0.2) is 51.6 Å². The maximum Gasteiger partial charge on any atom is 0.222 e. The molecule has 6 heteroatoms. The van der Waals surface area contributed by atoms with Crippen LogP contribution in [0.15, 0.2) is 48.7 Å². The predicted molar refractivity (Wildman–Crippen MR) is 103 cm³/mol. The van der Waals surface area contributed by atoms with Gasteiger partial charge in [-0.2, -0.15) is 0 Å². The van der Waals surface area contributed by atoms with Crippen molar-refractivity contribution in [1.29, 1.82) is 0 Å². The fourth-order valence-corrected chi connectivity index (χ4v) is 3.50. The van der Waals surface area contributed by atoms with Crippen LogP contribution < -0.4 is 0 Å². The van der Waals surface area contributed by atoms with Gasteiger partial charge in [-0.25, -0.2) is 9.97 Å². The van der Waals surface area contributed by atoms with Crippen LogP contribution in [0.4, 0.5) is 0 Å². The molecular formula is C21H24N4O2. The second-order valence-corrected chi connectivity index (χ2v) is 6.79. The lowest BCUT2D eigenvalue weighted by Gasteiger charge is -2.26. The number of ether oxygens (including phenoxy) is 1. The minimum atomic E-state index is 0.210. The first kappa shape index (κ1) is 17.7. The summed E-state index contributed by atoms with van der Waals surface area (Å²) in [7, 11) is 0. The Balaban J connectivity index is 1.47. The quantitative estimate of drug-likeness (QED) is 0.675. The van der Waals surface area contributed by atoms with Crippen molar-refractivity contribution in [3.63, 3.8) is 0 Å². The number of hydrogen-bond donors (Lipinski definition) is 0. The average molecular weight is 364 g/mol. The molecule has 0 spiro atoms. The Labute approximate surface area is 158 Å². The summed E-state index contributed by atoms with van der Waals surface area (Å²) in [5, 5.41) is 0. The Hall–Kier alpha value is -2.73. The molecule has 2 aromatic heterocycles. The highest BCUT2D eigenvalue weighted by Gasteiger charge is 2.17. The molecule has 3 heterocycles. The van der Waals surface area contributed by atoms with Crippen molar-refractivity contribution in [2.24, 2.45) is 0 Å². The van der Waals surface area contributed by atoms with E-state index in [0.29, 0.717) is 32.7 Å². The first-order valence-electron chi connectivity index (χ1n) is 9.51. The second kappa shape index (κ2) is 8.31. The molecule has 1 fully saturated rings. The summed E-state index contributed by atoms with van der Waals surface area (Å²) in [6.45, 7) is 3.43. The van der Waals surface area contributed by atoms with E-state index in [1.54, 1.807) is 6.20 Å². The lowest BCUT2D eigenvalue weighted by molar-refractivity contribution is -0.135. The summed E-state index contributed by atoms with van der Waals surface area (Å²) < 4.78 is 7.49. The number of nitrogens with zero attached hydrogens (tertiary/aromatic N) is 4. The molecule has 4 rings (SSSR count). The Bertz CT molecular complexity index is 901. The van der Waals surface area contributed by atoms with E-state index < -0.39 is 0 Å². The maximum absolute atomic E-state index is 12.4. The van der Waals surface area contributed by atoms with E-state index >= 15 is 0 Å². The highest BCUT2D eigenvalue weighted by molar-refractivity contribution is 5.76. The van der Waals surface area contributed by atoms with Crippen LogP contribution in [0, 0.1) is 0 Å². The van der Waals surface area contributed by atoms with E-state index in [1.807, 2.05) is 35.2 Å². The van der Waals surface area contributed by atoms with Crippen LogP contribution in [0.1, 0.15) is 24.2 Å². The number of hydrogen-bond acceptors (Lipinski definition) is 4. The van der Waals surface area contributed by atoms with Crippen molar-refractivity contribution in [3.8, 4) is 0 Å². The van der Waals surface area contributed by atoms with Gasteiger partial charge < -0.3 is 14.2 Å². The Morgan fingerprint density at radius 3 is 2.70 bits per heavy atom. The van der Waals surface area contributed by atoms with E-state index in [2.05, 4.69) is 21.7 Å². The topological polar surface area (TPSA) is 60.2 Å². The Morgan fingerprint density at radius 2 is 1.89 bits per heavy atom. The largest absolute Gasteiger partial charge is 0.378 e. The van der Waals surface area contributed by atoms with Crippen LogP contribution in [0.5, 0.6) is 0 Å². The number of imidazole rings is 1. The van der Waals surface area contributed by atoms with Gasteiger partial charge in [-0.3, -0.25) is 4.79 Å². The lowest BCUT2D eigenvalue weighted by atomic mass is 10.2.